The molecular formula is C19H22FNO4. The number of esters is 1. The predicted molar refractivity (Wildman–Crippen MR) is 89.5 cm³/mol. The second-order valence-electron chi connectivity index (χ2n) is 7.10. The Morgan fingerprint density at radius 3 is 2.64 bits per heavy atom. The van der Waals surface area contributed by atoms with Gasteiger partial charge in [0.1, 0.15) is 5.82 Å². The average Bonchev–Trinajstić information content (AvgIpc) is 3.15. The molecule has 2 saturated carbocycles. The van der Waals surface area contributed by atoms with E-state index in [1.54, 1.807) is 0 Å². The fourth-order valence-corrected chi connectivity index (χ4v) is 4.15. The summed E-state index contributed by atoms with van der Waals surface area (Å²) in [7, 11) is 0. The van der Waals surface area contributed by atoms with Crippen molar-refractivity contribution in [3.05, 3.63) is 29.6 Å². The van der Waals surface area contributed by atoms with Gasteiger partial charge in [-0.2, -0.15) is 0 Å². The number of fused-ring (bicyclic) bond motifs is 2. The molecule has 6 heteroatoms. The van der Waals surface area contributed by atoms with Gasteiger partial charge in [0.15, 0.2) is 6.61 Å². The zero-order valence-electron chi connectivity index (χ0n) is 14.2. The lowest BCUT2D eigenvalue weighted by atomic mass is 9.86. The lowest BCUT2D eigenvalue weighted by Crippen LogP contribution is -2.20. The summed E-state index contributed by atoms with van der Waals surface area (Å²) in [5.74, 6) is -0.314. The van der Waals surface area contributed by atoms with Crippen molar-refractivity contribution in [1.82, 2.24) is 0 Å². The molecule has 2 fully saturated rings. The van der Waals surface area contributed by atoms with Crippen LogP contribution < -0.4 is 5.32 Å². The van der Waals surface area contributed by atoms with E-state index < -0.39 is 18.2 Å². The summed E-state index contributed by atoms with van der Waals surface area (Å²) in [6.45, 7) is 0.850. The van der Waals surface area contributed by atoms with Crippen molar-refractivity contribution in [2.24, 2.45) is 17.8 Å². The van der Waals surface area contributed by atoms with Gasteiger partial charge < -0.3 is 10.1 Å². The monoisotopic (exact) mass is 347 g/mol. The normalized spacial score (nSPS) is 24.2. The van der Waals surface area contributed by atoms with Gasteiger partial charge in [-0.3, -0.25) is 14.4 Å². The van der Waals surface area contributed by atoms with Crippen LogP contribution in [0.5, 0.6) is 0 Å². The number of carbonyl (C=O) groups excluding carboxylic acids is 3. The maximum Gasteiger partial charge on any atom is 0.306 e. The Bertz CT molecular complexity index is 703. The van der Waals surface area contributed by atoms with Crippen molar-refractivity contribution in [2.75, 3.05) is 11.9 Å². The minimum atomic E-state index is -0.750. The summed E-state index contributed by atoms with van der Waals surface area (Å²) >= 11 is 0. The van der Waals surface area contributed by atoms with E-state index >= 15 is 0 Å². The molecule has 0 aliphatic heterocycles. The van der Waals surface area contributed by atoms with Crippen molar-refractivity contribution in [1.29, 1.82) is 0 Å². The van der Waals surface area contributed by atoms with Gasteiger partial charge in [0.25, 0.3) is 0 Å². The van der Waals surface area contributed by atoms with E-state index in [2.05, 4.69) is 5.32 Å². The molecule has 3 rings (SSSR count). The number of nitrogens with one attached hydrogen (secondary N) is 1. The van der Waals surface area contributed by atoms with Crippen LogP contribution >= 0.6 is 0 Å². The highest BCUT2D eigenvalue weighted by Gasteiger charge is 2.40. The maximum atomic E-state index is 14.0. The summed E-state index contributed by atoms with van der Waals surface area (Å²) < 4.78 is 19.0. The van der Waals surface area contributed by atoms with Gasteiger partial charge in [-0.25, -0.2) is 4.39 Å². The number of amides is 1. The first kappa shape index (κ1) is 17.6. The molecule has 1 aromatic carbocycles. The third kappa shape index (κ3) is 4.24. The number of hydrogen-bond donors (Lipinski definition) is 1. The minimum Gasteiger partial charge on any atom is -0.457 e. The molecule has 2 bridgehead atoms. The molecule has 1 N–H and O–H groups in total. The molecule has 2 aliphatic rings. The smallest absolute Gasteiger partial charge is 0.306 e. The van der Waals surface area contributed by atoms with Crippen LogP contribution in [0, 0.1) is 23.6 Å². The van der Waals surface area contributed by atoms with E-state index in [0.29, 0.717) is 18.3 Å². The highest BCUT2D eigenvalue weighted by Crippen LogP contribution is 2.49. The van der Waals surface area contributed by atoms with Crippen molar-refractivity contribution in [3.8, 4) is 0 Å². The first-order chi connectivity index (χ1) is 11.9. The number of anilines is 1. The van der Waals surface area contributed by atoms with Crippen LogP contribution in [0.4, 0.5) is 10.1 Å². The standard InChI is InChI=1S/C19H22FNO4/c1-11(22)21-15-4-5-16(17(20)9-15)18(23)10-25-19(24)8-14-7-12-2-3-13(14)6-12/h4-5,9,12-14H,2-3,6-8,10H2,1H3,(H,21,22). The molecule has 0 radical (unpaired) electrons. The highest BCUT2D eigenvalue weighted by molar-refractivity contribution is 5.99. The molecule has 5 nitrogen and oxygen atoms in total. The molecule has 0 spiro atoms. The van der Waals surface area contributed by atoms with Crippen molar-refractivity contribution in [3.63, 3.8) is 0 Å². The molecule has 1 amide bonds. The van der Waals surface area contributed by atoms with Gasteiger partial charge >= 0.3 is 5.97 Å². The summed E-state index contributed by atoms with van der Waals surface area (Å²) in [5.41, 5.74) is 0.122. The maximum absolute atomic E-state index is 14.0. The van der Waals surface area contributed by atoms with Crippen LogP contribution in [0.2, 0.25) is 0 Å². The topological polar surface area (TPSA) is 72.5 Å². The number of Topliss-reactive ketones (excluding diaryl/α,β-unsaturated/α-hetero) is 1. The van der Waals surface area contributed by atoms with E-state index in [9.17, 15) is 18.8 Å². The fraction of sp³-hybridized carbons (Fsp3) is 0.526. The molecule has 25 heavy (non-hydrogen) atoms. The SMILES string of the molecule is CC(=O)Nc1ccc(C(=O)COC(=O)CC2CC3CCC2C3)c(F)c1. The lowest BCUT2D eigenvalue weighted by Gasteiger charge is -2.20. The van der Waals surface area contributed by atoms with Crippen LogP contribution in [0.3, 0.4) is 0 Å². The van der Waals surface area contributed by atoms with Crippen LogP contribution in [0.15, 0.2) is 18.2 Å². The van der Waals surface area contributed by atoms with E-state index in [1.807, 2.05) is 0 Å². The van der Waals surface area contributed by atoms with E-state index in [-0.39, 0.29) is 23.1 Å². The Morgan fingerprint density at radius 2 is 2.04 bits per heavy atom. The number of hydrogen-bond acceptors (Lipinski definition) is 4. The van der Waals surface area contributed by atoms with E-state index in [1.165, 1.54) is 38.3 Å². The lowest BCUT2D eigenvalue weighted by molar-refractivity contribution is -0.144. The number of halogens is 1. The quantitative estimate of drug-likeness (QED) is 0.633. The second kappa shape index (κ2) is 7.33. The van der Waals surface area contributed by atoms with Gasteiger partial charge in [0, 0.05) is 19.0 Å². The first-order valence-corrected chi connectivity index (χ1v) is 8.68. The number of rotatable bonds is 6. The van der Waals surface area contributed by atoms with Crippen LogP contribution in [0.1, 0.15) is 49.4 Å². The Balaban J connectivity index is 1.50. The van der Waals surface area contributed by atoms with Gasteiger partial charge in [0.05, 0.1) is 5.56 Å². The molecular weight excluding hydrogens is 325 g/mol. The average molecular weight is 347 g/mol. The predicted octanol–water partition coefficient (Wildman–Crippen LogP) is 3.34. The molecule has 0 aromatic heterocycles. The second-order valence-corrected chi connectivity index (χ2v) is 7.10. The zero-order valence-corrected chi connectivity index (χ0v) is 14.2. The zero-order chi connectivity index (χ0) is 18.0. The first-order valence-electron chi connectivity index (χ1n) is 8.68. The molecule has 0 saturated heterocycles. The Labute approximate surface area is 145 Å². The molecule has 134 valence electrons. The summed E-state index contributed by atoms with van der Waals surface area (Å²) in [6, 6.07) is 3.80. The van der Waals surface area contributed by atoms with Crippen molar-refractivity contribution >= 4 is 23.3 Å². The number of ketones is 1. The van der Waals surface area contributed by atoms with Gasteiger partial charge in [-0.15, -0.1) is 0 Å². The van der Waals surface area contributed by atoms with Crippen LogP contribution in [0.25, 0.3) is 0 Å². The summed E-state index contributed by atoms with van der Waals surface area (Å²) in [4.78, 5) is 35.0. The van der Waals surface area contributed by atoms with Crippen molar-refractivity contribution < 1.29 is 23.5 Å². The van der Waals surface area contributed by atoms with Gasteiger partial charge in [-0.1, -0.05) is 6.42 Å². The van der Waals surface area contributed by atoms with Crippen LogP contribution in [-0.2, 0) is 14.3 Å². The number of ether oxygens (including phenoxy) is 1. The highest BCUT2D eigenvalue weighted by atomic mass is 19.1. The van der Waals surface area contributed by atoms with Crippen molar-refractivity contribution in [2.45, 2.75) is 39.0 Å². The largest absolute Gasteiger partial charge is 0.457 e. The summed E-state index contributed by atoms with van der Waals surface area (Å²) in [5, 5.41) is 2.44. The molecule has 0 heterocycles. The van der Waals surface area contributed by atoms with Gasteiger partial charge in [-0.05, 0) is 55.2 Å². The number of carbonyl (C=O) groups is 3. The van der Waals surface area contributed by atoms with E-state index in [0.717, 1.165) is 18.4 Å². The molecule has 3 atom stereocenters. The molecule has 2 aliphatic carbocycles. The van der Waals surface area contributed by atoms with Crippen LogP contribution in [-0.4, -0.2) is 24.3 Å². The minimum absolute atomic E-state index is 0.151. The Morgan fingerprint density at radius 1 is 1.24 bits per heavy atom. The van der Waals surface area contributed by atoms with Gasteiger partial charge in [0.2, 0.25) is 11.7 Å². The fourth-order valence-electron chi connectivity index (χ4n) is 4.15. The Hall–Kier alpha value is -2.24. The Kier molecular flexibility index (Phi) is 5.16. The number of benzene rings is 1. The molecule has 1 aromatic rings. The summed E-state index contributed by atoms with van der Waals surface area (Å²) in [6.07, 6.45) is 5.09. The third-order valence-electron chi connectivity index (χ3n) is 5.27. The van der Waals surface area contributed by atoms with E-state index in [4.69, 9.17) is 4.74 Å². The molecule has 3 unspecified atom stereocenters. The third-order valence-corrected chi connectivity index (χ3v) is 5.27.